The van der Waals surface area contributed by atoms with Gasteiger partial charge in [-0.2, -0.15) is 0 Å². The predicted molar refractivity (Wildman–Crippen MR) is 51.8 cm³/mol. The Labute approximate surface area is 82.0 Å². The summed E-state index contributed by atoms with van der Waals surface area (Å²) in [4.78, 5) is 0. The molecule has 2 saturated heterocycles. The molecule has 2 fully saturated rings. The van der Waals surface area contributed by atoms with Crippen LogP contribution in [0.15, 0.2) is 0 Å². The second kappa shape index (κ2) is 3.55. The molecule has 8 heteroatoms. The number of rotatable bonds is 1. The van der Waals surface area contributed by atoms with Gasteiger partial charge in [0.1, 0.15) is 0 Å². The Kier molecular flexibility index (Phi) is 2.80. The molecule has 14 heavy (non-hydrogen) atoms. The maximum atomic E-state index is 14.0. The van der Waals surface area contributed by atoms with E-state index in [1.165, 1.54) is 0 Å². The van der Waals surface area contributed by atoms with Crippen LogP contribution in [0, 0.1) is 0 Å². The first-order valence-electron chi connectivity index (χ1n) is 4.46. The second-order valence-corrected chi connectivity index (χ2v) is 10.3. The summed E-state index contributed by atoms with van der Waals surface area (Å²) in [7, 11) is -8.71. The summed E-state index contributed by atoms with van der Waals surface area (Å²) < 4.78 is 47.2. The summed E-state index contributed by atoms with van der Waals surface area (Å²) in [6.45, 7) is 3.40. The van der Waals surface area contributed by atoms with Crippen LogP contribution >= 0.6 is 15.4 Å². The van der Waals surface area contributed by atoms with Crippen molar-refractivity contribution in [2.45, 2.75) is 26.1 Å². The summed E-state index contributed by atoms with van der Waals surface area (Å²) in [5.74, 6) is 0. The first kappa shape index (κ1) is 11.1. The van der Waals surface area contributed by atoms with Crippen molar-refractivity contribution in [1.29, 1.82) is 0 Å². The number of hydrogen-bond acceptors (Lipinski definition) is 4. The summed E-state index contributed by atoms with van der Waals surface area (Å²) in [5.41, 5.74) is 0. The van der Waals surface area contributed by atoms with Crippen molar-refractivity contribution in [3.8, 4) is 0 Å². The van der Waals surface area contributed by atoms with Crippen molar-refractivity contribution >= 4 is 15.4 Å². The molecular weight excluding hydrogens is 236 g/mol. The Hall–Kier alpha value is 0.560. The fourth-order valence-corrected chi connectivity index (χ4v) is 7.83. The van der Waals surface area contributed by atoms with E-state index in [2.05, 4.69) is 0 Å². The molecule has 0 aliphatic carbocycles. The minimum atomic E-state index is -4.35. The first-order chi connectivity index (χ1) is 6.45. The zero-order valence-electron chi connectivity index (χ0n) is 7.96. The molecule has 4 nitrogen and oxygen atoms in total. The molecule has 0 amide bonds. The van der Waals surface area contributed by atoms with Gasteiger partial charge in [-0.1, -0.05) is 0 Å². The number of halogens is 2. The van der Waals surface area contributed by atoms with E-state index in [1.54, 1.807) is 13.8 Å². The molecule has 0 N–H and O–H groups in total. The third-order valence-corrected chi connectivity index (χ3v) is 8.98. The van der Waals surface area contributed by atoms with Gasteiger partial charge in [0.2, 0.25) is 0 Å². The third-order valence-electron chi connectivity index (χ3n) is 2.07. The minimum absolute atomic E-state index is 0.0719. The Morgan fingerprint density at radius 1 is 0.929 bits per heavy atom. The summed E-state index contributed by atoms with van der Waals surface area (Å²) in [6.07, 6.45) is -0.843. The molecule has 0 saturated carbocycles. The number of hydrogen-bond donors (Lipinski definition) is 0. The van der Waals surface area contributed by atoms with E-state index in [0.717, 1.165) is 0 Å². The van der Waals surface area contributed by atoms with Crippen LogP contribution in [0.4, 0.5) is 8.39 Å². The van der Waals surface area contributed by atoms with Gasteiger partial charge < -0.3 is 0 Å². The van der Waals surface area contributed by atoms with E-state index in [4.69, 9.17) is 18.1 Å². The van der Waals surface area contributed by atoms with Crippen LogP contribution in [0.1, 0.15) is 13.8 Å². The molecule has 2 aliphatic heterocycles. The molecule has 2 unspecified atom stereocenters. The van der Waals surface area contributed by atoms with E-state index in [-0.39, 0.29) is 13.2 Å². The maximum absolute atomic E-state index is 14.0. The van der Waals surface area contributed by atoms with Gasteiger partial charge in [0.25, 0.3) is 0 Å². The van der Waals surface area contributed by atoms with Crippen molar-refractivity contribution < 1.29 is 26.5 Å². The Morgan fingerprint density at radius 2 is 1.29 bits per heavy atom. The van der Waals surface area contributed by atoms with Gasteiger partial charge in [-0.3, -0.25) is 0 Å². The molecule has 0 aromatic rings. The molecular formula is C6H14F2O4P2. The molecule has 2 aliphatic rings. The van der Waals surface area contributed by atoms with E-state index in [9.17, 15) is 8.39 Å². The second-order valence-electron chi connectivity index (χ2n) is 3.55. The van der Waals surface area contributed by atoms with Gasteiger partial charge in [-0.25, -0.2) is 0 Å². The molecule has 2 heterocycles. The van der Waals surface area contributed by atoms with Crippen LogP contribution in [0.2, 0.25) is 0 Å². The van der Waals surface area contributed by atoms with E-state index in [0.29, 0.717) is 0 Å². The van der Waals surface area contributed by atoms with Crippen LogP contribution in [-0.4, -0.2) is 25.4 Å². The van der Waals surface area contributed by atoms with E-state index >= 15 is 0 Å². The van der Waals surface area contributed by atoms with Crippen LogP contribution in [0.3, 0.4) is 0 Å². The van der Waals surface area contributed by atoms with Crippen molar-refractivity contribution in [2.75, 3.05) is 13.2 Å². The zero-order chi connectivity index (χ0) is 10.4. The van der Waals surface area contributed by atoms with E-state index < -0.39 is 27.6 Å². The topological polar surface area (TPSA) is 36.9 Å². The Bertz CT molecular complexity index is 222. The average Bonchev–Trinajstić information content (AvgIpc) is 2.59. The van der Waals surface area contributed by atoms with Gasteiger partial charge in [0, 0.05) is 0 Å². The van der Waals surface area contributed by atoms with Crippen LogP contribution in [0.5, 0.6) is 0 Å². The summed E-state index contributed by atoms with van der Waals surface area (Å²) in [6, 6.07) is 0. The van der Waals surface area contributed by atoms with Gasteiger partial charge in [-0.15, -0.1) is 0 Å². The van der Waals surface area contributed by atoms with Crippen LogP contribution < -0.4 is 0 Å². The predicted octanol–water partition coefficient (Wildman–Crippen LogP) is 2.70. The summed E-state index contributed by atoms with van der Waals surface area (Å²) >= 11 is 0. The molecule has 0 aromatic heterocycles. The van der Waals surface area contributed by atoms with Crippen molar-refractivity contribution in [2.24, 2.45) is 0 Å². The van der Waals surface area contributed by atoms with Crippen molar-refractivity contribution in [3.05, 3.63) is 0 Å². The van der Waals surface area contributed by atoms with Gasteiger partial charge in [0.05, 0.1) is 0 Å². The van der Waals surface area contributed by atoms with Crippen LogP contribution in [0.25, 0.3) is 0 Å². The fraction of sp³-hybridized carbons (Fsp3) is 1.00. The molecule has 0 aromatic carbocycles. The molecule has 2 rings (SSSR count). The first-order valence-corrected chi connectivity index (χ1v) is 8.85. The Balaban J connectivity index is 2.13. The van der Waals surface area contributed by atoms with E-state index in [1.807, 2.05) is 0 Å². The van der Waals surface area contributed by atoms with Crippen molar-refractivity contribution in [1.82, 2.24) is 0 Å². The fourth-order valence-electron chi connectivity index (χ4n) is 1.42. The van der Waals surface area contributed by atoms with Crippen LogP contribution in [-0.2, 0) is 18.1 Å². The van der Waals surface area contributed by atoms with Gasteiger partial charge in [0.15, 0.2) is 0 Å². The molecule has 0 radical (unpaired) electrons. The molecule has 0 bridgehead atoms. The average molecular weight is 250 g/mol. The van der Waals surface area contributed by atoms with Crippen molar-refractivity contribution in [3.63, 3.8) is 0 Å². The molecule has 86 valence electrons. The molecule has 0 spiro atoms. The van der Waals surface area contributed by atoms with Gasteiger partial charge >= 0.3 is 81.2 Å². The zero-order valence-corrected chi connectivity index (χ0v) is 9.96. The quantitative estimate of drug-likeness (QED) is 0.670. The standard InChI is InChI=1S/C6H14F2O4P2/c1-5-3-9-13(7,11-5)14(8)10-4-6(2)12-14/h5-6,13-14H,3-4H2,1-2H3. The monoisotopic (exact) mass is 250 g/mol. The van der Waals surface area contributed by atoms with Gasteiger partial charge in [-0.05, 0) is 0 Å². The molecule has 2 atom stereocenters. The third kappa shape index (κ3) is 1.69. The SMILES string of the molecule is CC1CO[PH](F)([PH]2(F)OCC(C)O2)O1. The Morgan fingerprint density at radius 3 is 1.50 bits per heavy atom. The summed E-state index contributed by atoms with van der Waals surface area (Å²) in [5, 5.41) is 0. The normalized spacial score (nSPS) is 44.9.